The van der Waals surface area contributed by atoms with Crippen LogP contribution >= 0.6 is 0 Å². The molecule has 0 atom stereocenters. The van der Waals surface area contributed by atoms with Crippen LogP contribution in [0.5, 0.6) is 5.75 Å². The predicted molar refractivity (Wildman–Crippen MR) is 145 cm³/mol. The molecule has 1 heterocycles. The van der Waals surface area contributed by atoms with E-state index in [2.05, 4.69) is 10.9 Å². The van der Waals surface area contributed by atoms with Crippen molar-refractivity contribution in [1.29, 1.82) is 5.41 Å². The monoisotopic (exact) mass is 512 g/mol. The third-order valence-corrected chi connectivity index (χ3v) is 5.83. The number of fused-ring (bicyclic) bond motifs is 1. The molecule has 2 rings (SSSR count). The lowest BCUT2D eigenvalue weighted by Gasteiger charge is -2.29. The number of amides is 2. The van der Waals surface area contributed by atoms with E-state index >= 15 is 0 Å². The van der Waals surface area contributed by atoms with Gasteiger partial charge in [-0.25, -0.2) is 4.79 Å². The van der Waals surface area contributed by atoms with Crippen LogP contribution in [0, 0.1) is 5.41 Å². The Kier molecular flexibility index (Phi) is 11.4. The molecule has 0 saturated heterocycles. The first-order valence-electron chi connectivity index (χ1n) is 12.5. The topological polar surface area (TPSA) is 133 Å². The lowest BCUT2D eigenvalue weighted by molar-refractivity contribution is 0.0962. The molecule has 10 nitrogen and oxygen atoms in total. The summed E-state index contributed by atoms with van der Waals surface area (Å²) in [4.78, 5) is 26.9. The minimum Gasteiger partial charge on any atom is -0.496 e. The van der Waals surface area contributed by atoms with E-state index in [1.54, 1.807) is 48.1 Å². The number of carbonyl (C=O) groups is 2. The number of hydrogen-bond acceptors (Lipinski definition) is 7. The Balaban J connectivity index is 2.19. The Hall–Kier alpha value is -3.63. The van der Waals surface area contributed by atoms with Crippen molar-refractivity contribution in [3.8, 4) is 5.75 Å². The van der Waals surface area contributed by atoms with Crippen molar-refractivity contribution in [2.75, 3.05) is 20.3 Å². The van der Waals surface area contributed by atoms with Gasteiger partial charge in [0, 0.05) is 30.4 Å². The second-order valence-corrected chi connectivity index (χ2v) is 8.86. The van der Waals surface area contributed by atoms with Crippen molar-refractivity contribution in [2.45, 2.75) is 60.0 Å². The third kappa shape index (κ3) is 7.93. The summed E-state index contributed by atoms with van der Waals surface area (Å²) in [5.41, 5.74) is 6.20. The molecule has 202 valence electrons. The lowest BCUT2D eigenvalue weighted by Crippen LogP contribution is -2.50. The van der Waals surface area contributed by atoms with E-state index in [1.165, 1.54) is 7.11 Å². The van der Waals surface area contributed by atoms with Gasteiger partial charge in [0.15, 0.2) is 0 Å². The molecule has 0 radical (unpaired) electrons. The molecule has 0 saturated carbocycles. The van der Waals surface area contributed by atoms with E-state index in [9.17, 15) is 9.59 Å². The van der Waals surface area contributed by atoms with E-state index in [0.29, 0.717) is 48.7 Å². The number of nitrogens with two attached hydrogens (primary N) is 1. The van der Waals surface area contributed by atoms with Crippen LogP contribution in [0.2, 0.25) is 0 Å². The summed E-state index contributed by atoms with van der Waals surface area (Å²) in [7, 11) is 1.53. The number of allylic oxidation sites excluding steroid dienone is 4. The zero-order valence-electron chi connectivity index (χ0n) is 22.7. The van der Waals surface area contributed by atoms with E-state index in [1.807, 2.05) is 32.9 Å². The number of rotatable bonds is 10. The van der Waals surface area contributed by atoms with E-state index in [4.69, 9.17) is 20.7 Å². The fourth-order valence-corrected chi connectivity index (χ4v) is 3.96. The van der Waals surface area contributed by atoms with Crippen LogP contribution in [-0.4, -0.2) is 54.0 Å². The van der Waals surface area contributed by atoms with Crippen LogP contribution in [0.1, 0.15) is 62.5 Å². The summed E-state index contributed by atoms with van der Waals surface area (Å²) in [6.07, 6.45) is 8.34. The second-order valence-electron chi connectivity index (χ2n) is 8.86. The van der Waals surface area contributed by atoms with Crippen molar-refractivity contribution < 1.29 is 19.1 Å². The number of nitrogens with one attached hydrogen (secondary N) is 3. The Morgan fingerprint density at radius 1 is 1.27 bits per heavy atom. The molecule has 1 aliphatic heterocycles. The number of carbonyl (C=O) groups excluding carboxylic acids is 2. The number of amidine groups is 1. The number of benzene rings is 1. The van der Waals surface area contributed by atoms with Gasteiger partial charge in [0.25, 0.3) is 5.91 Å². The Morgan fingerprint density at radius 3 is 2.59 bits per heavy atom. The molecule has 0 aliphatic carbocycles. The highest BCUT2D eigenvalue weighted by molar-refractivity contribution is 5.99. The summed E-state index contributed by atoms with van der Waals surface area (Å²) in [6, 6.07) is 3.64. The van der Waals surface area contributed by atoms with E-state index in [-0.39, 0.29) is 23.9 Å². The van der Waals surface area contributed by atoms with Crippen LogP contribution in [0.15, 0.2) is 47.7 Å². The fourth-order valence-electron chi connectivity index (χ4n) is 3.96. The molecule has 1 aromatic carbocycles. The predicted octanol–water partition coefficient (Wildman–Crippen LogP) is 3.80. The molecule has 0 spiro atoms. The van der Waals surface area contributed by atoms with Crippen molar-refractivity contribution in [1.82, 2.24) is 20.8 Å². The fraction of sp³-hybridized carbons (Fsp3) is 0.444. The Morgan fingerprint density at radius 2 is 2.00 bits per heavy atom. The van der Waals surface area contributed by atoms with Crippen LogP contribution in [0.4, 0.5) is 4.79 Å². The zero-order valence-corrected chi connectivity index (χ0v) is 22.7. The smallest absolute Gasteiger partial charge is 0.410 e. The van der Waals surface area contributed by atoms with Crippen molar-refractivity contribution in [3.05, 3.63) is 64.4 Å². The van der Waals surface area contributed by atoms with E-state index < -0.39 is 0 Å². The Labute approximate surface area is 219 Å². The third-order valence-electron chi connectivity index (χ3n) is 5.83. The van der Waals surface area contributed by atoms with Gasteiger partial charge in [-0.1, -0.05) is 25.2 Å². The zero-order chi connectivity index (χ0) is 27.5. The molecular formula is C27H40N6O4. The van der Waals surface area contributed by atoms with Gasteiger partial charge in [-0.15, -0.1) is 0 Å². The van der Waals surface area contributed by atoms with Gasteiger partial charge in [0.05, 0.1) is 19.3 Å². The first-order chi connectivity index (χ1) is 17.7. The molecule has 0 unspecified atom stereocenters. The maximum absolute atomic E-state index is 13.1. The van der Waals surface area contributed by atoms with Crippen LogP contribution in [0.25, 0.3) is 0 Å². The molecule has 2 amide bonds. The van der Waals surface area contributed by atoms with Crippen LogP contribution in [-0.2, 0) is 17.7 Å². The molecule has 0 fully saturated rings. The molecule has 0 bridgehead atoms. The quantitative estimate of drug-likeness (QED) is 0.123. The molecule has 1 aromatic rings. The van der Waals surface area contributed by atoms with Gasteiger partial charge in [-0.3, -0.25) is 21.1 Å². The molecular weight excluding hydrogens is 472 g/mol. The van der Waals surface area contributed by atoms with Crippen LogP contribution in [0.3, 0.4) is 0 Å². The lowest BCUT2D eigenvalue weighted by atomic mass is 9.96. The summed E-state index contributed by atoms with van der Waals surface area (Å²) in [6.45, 7) is 10.7. The number of ether oxygens (including phenoxy) is 2. The minimum atomic E-state index is -0.358. The molecule has 1 aliphatic rings. The first-order valence-corrected chi connectivity index (χ1v) is 12.5. The highest BCUT2D eigenvalue weighted by Crippen LogP contribution is 2.28. The average molecular weight is 513 g/mol. The van der Waals surface area contributed by atoms with Crippen molar-refractivity contribution >= 4 is 17.8 Å². The maximum Gasteiger partial charge on any atom is 0.410 e. The molecule has 37 heavy (non-hydrogen) atoms. The van der Waals surface area contributed by atoms with Gasteiger partial charge in [-0.2, -0.15) is 5.53 Å². The van der Waals surface area contributed by atoms with Gasteiger partial charge in [0.1, 0.15) is 11.6 Å². The van der Waals surface area contributed by atoms with Crippen molar-refractivity contribution in [3.63, 3.8) is 0 Å². The molecule has 0 aromatic heterocycles. The summed E-state index contributed by atoms with van der Waals surface area (Å²) >= 11 is 0. The minimum absolute atomic E-state index is 0.00121. The van der Waals surface area contributed by atoms with Gasteiger partial charge in [0.2, 0.25) is 0 Å². The number of hydrazine groups is 2. The number of methoxy groups -OCH3 is 1. The molecule has 10 heteroatoms. The summed E-state index contributed by atoms with van der Waals surface area (Å²) in [5, 5.41) is 12.9. The van der Waals surface area contributed by atoms with Gasteiger partial charge >= 0.3 is 6.09 Å². The second kappa shape index (κ2) is 14.2. The summed E-state index contributed by atoms with van der Waals surface area (Å²) in [5.74, 6) is 6.00. The SMILES string of the molecule is CC/C=C(/C=C\C=C(/C)NC(=O)c1cc2c(cc1OC)CCN(C(=O)OCC)C2)C(=N)N(NN)C(C)C. The highest BCUT2D eigenvalue weighted by atomic mass is 16.6. The maximum atomic E-state index is 13.1. The Bertz CT molecular complexity index is 1080. The van der Waals surface area contributed by atoms with Gasteiger partial charge < -0.3 is 19.7 Å². The van der Waals surface area contributed by atoms with Crippen molar-refractivity contribution in [2.24, 2.45) is 5.84 Å². The average Bonchev–Trinajstić information content (AvgIpc) is 2.87. The summed E-state index contributed by atoms with van der Waals surface area (Å²) < 4.78 is 10.6. The number of hydrogen-bond donors (Lipinski definition) is 4. The highest BCUT2D eigenvalue weighted by Gasteiger charge is 2.25. The van der Waals surface area contributed by atoms with E-state index in [0.717, 1.165) is 17.5 Å². The molecule has 5 N–H and O–H groups in total. The number of nitrogens with zero attached hydrogens (tertiary/aromatic N) is 2. The van der Waals surface area contributed by atoms with Crippen LogP contribution < -0.4 is 21.4 Å². The largest absolute Gasteiger partial charge is 0.496 e. The normalized spacial score (nSPS) is 14.0. The van der Waals surface area contributed by atoms with Gasteiger partial charge in [-0.05, 0) is 69.9 Å². The standard InChI is InChI=1S/C27H40N6O4/c1-7-10-20(25(28)33(31-29)18(3)4)12-9-11-19(5)30-26(34)23-15-22-17-32(27(35)37-8-2)14-13-21(22)16-24(23)36-6/h9-12,15-16,18,28,31H,7-8,13-14,17,29H2,1-6H3,(H,30,34)/b12-9-,19-11+,20-10-,28-25?. The first kappa shape index (κ1) is 29.6.